The number of piperidine rings is 1. The Labute approximate surface area is 211 Å². The van der Waals surface area contributed by atoms with Gasteiger partial charge in [0.25, 0.3) is 0 Å². The fourth-order valence-electron chi connectivity index (χ4n) is 5.15. The Kier molecular flexibility index (Phi) is 5.07. The molecule has 6 aromatic rings. The summed E-state index contributed by atoms with van der Waals surface area (Å²) in [5.41, 5.74) is 12.1. The van der Waals surface area contributed by atoms with Crippen molar-refractivity contribution in [1.82, 2.24) is 30.0 Å². The second-order valence-corrected chi connectivity index (χ2v) is 10.4. The Hall–Kier alpha value is -4.01. The zero-order chi connectivity index (χ0) is 24.1. The van der Waals surface area contributed by atoms with Crippen LogP contribution in [0.25, 0.3) is 59.8 Å². The summed E-state index contributed by atoms with van der Waals surface area (Å²) in [6.45, 7) is 2.13. The van der Waals surface area contributed by atoms with Crippen molar-refractivity contribution < 1.29 is 0 Å². The minimum absolute atomic E-state index is 0.276. The molecule has 0 saturated carbocycles. The van der Waals surface area contributed by atoms with E-state index in [1.54, 1.807) is 11.3 Å². The number of nitrogens with zero attached hydrogens (tertiary/aromatic N) is 4. The van der Waals surface area contributed by atoms with Crippen LogP contribution in [0.3, 0.4) is 0 Å². The molecule has 8 heteroatoms. The maximum absolute atomic E-state index is 6.04. The minimum Gasteiger partial charge on any atom is -0.368 e. The van der Waals surface area contributed by atoms with E-state index in [0.717, 1.165) is 64.6 Å². The zero-order valence-electron chi connectivity index (χ0n) is 19.6. The molecule has 1 saturated heterocycles. The minimum atomic E-state index is 0.276. The largest absolute Gasteiger partial charge is 0.368 e. The average Bonchev–Trinajstić information content (AvgIpc) is 3.64. The molecule has 4 aromatic heterocycles. The van der Waals surface area contributed by atoms with Crippen LogP contribution in [-0.4, -0.2) is 37.8 Å². The lowest BCUT2D eigenvalue weighted by Gasteiger charge is -2.19. The summed E-state index contributed by atoms with van der Waals surface area (Å²) < 4.78 is 3.40. The number of fused-ring (bicyclic) bond motifs is 3. The van der Waals surface area contributed by atoms with E-state index >= 15 is 0 Å². The number of thiophene rings is 1. The van der Waals surface area contributed by atoms with E-state index in [0.29, 0.717) is 5.92 Å². The SMILES string of the molecule is Nc1ncc2c(n1)c(-c1cc(-c3cc4ccccc4s3)c3[nH]ncc3c1)cn2/C=C/C1CCNCC1. The second kappa shape index (κ2) is 8.58. The fraction of sp³-hybridized carbons (Fsp3) is 0.179. The van der Waals surface area contributed by atoms with Gasteiger partial charge >= 0.3 is 0 Å². The van der Waals surface area contributed by atoms with Gasteiger partial charge in [-0.2, -0.15) is 5.10 Å². The molecular weight excluding hydrogens is 466 g/mol. The van der Waals surface area contributed by atoms with Gasteiger partial charge in [-0.15, -0.1) is 11.3 Å². The lowest BCUT2D eigenvalue weighted by atomic mass is 9.98. The van der Waals surface area contributed by atoms with Crippen molar-refractivity contribution in [1.29, 1.82) is 0 Å². The van der Waals surface area contributed by atoms with Gasteiger partial charge in [0.1, 0.15) is 5.52 Å². The molecule has 0 spiro atoms. The Balaban J connectivity index is 1.39. The van der Waals surface area contributed by atoms with Gasteiger partial charge in [-0.05, 0) is 67.1 Å². The third-order valence-corrected chi connectivity index (χ3v) is 8.19. The molecule has 178 valence electrons. The maximum atomic E-state index is 6.04. The van der Waals surface area contributed by atoms with Crippen molar-refractivity contribution in [3.8, 4) is 21.6 Å². The van der Waals surface area contributed by atoms with Crippen LogP contribution in [0, 0.1) is 5.92 Å². The number of hydrogen-bond acceptors (Lipinski definition) is 6. The molecule has 0 radical (unpaired) electrons. The molecule has 1 fully saturated rings. The summed E-state index contributed by atoms with van der Waals surface area (Å²) in [4.78, 5) is 10.1. The van der Waals surface area contributed by atoms with Gasteiger partial charge in [0, 0.05) is 38.5 Å². The summed E-state index contributed by atoms with van der Waals surface area (Å²) in [5, 5.41) is 13.3. The Morgan fingerprint density at radius 2 is 1.92 bits per heavy atom. The quantitative estimate of drug-likeness (QED) is 0.285. The third kappa shape index (κ3) is 3.66. The van der Waals surface area contributed by atoms with Crippen LogP contribution >= 0.6 is 11.3 Å². The Morgan fingerprint density at radius 3 is 2.81 bits per heavy atom. The summed E-state index contributed by atoms with van der Waals surface area (Å²) in [7, 11) is 0. The standard InChI is InChI=1S/C28H25N7S/c29-28-31-15-23-27(33-28)22(16-35(23)10-7-17-5-8-30-9-6-17)19-11-20-14-32-34-26(20)21(12-19)25-13-18-3-1-2-4-24(18)36-25/h1-4,7,10-17,30H,5-6,8-9H2,(H,32,34)(H2,29,31,33)/b10-7+. The smallest absolute Gasteiger partial charge is 0.220 e. The number of anilines is 1. The summed E-state index contributed by atoms with van der Waals surface area (Å²) in [5.74, 6) is 0.849. The van der Waals surface area contributed by atoms with Crippen LogP contribution < -0.4 is 11.1 Å². The number of hydrogen-bond donors (Lipinski definition) is 3. The van der Waals surface area contributed by atoms with Crippen molar-refractivity contribution in [3.63, 3.8) is 0 Å². The number of aromatic amines is 1. The number of nitrogens with two attached hydrogens (primary N) is 1. The van der Waals surface area contributed by atoms with Crippen LogP contribution in [0.2, 0.25) is 0 Å². The molecule has 0 atom stereocenters. The topological polar surface area (TPSA) is 97.4 Å². The predicted molar refractivity (Wildman–Crippen MR) is 149 cm³/mol. The Bertz CT molecular complexity index is 1720. The number of rotatable bonds is 4. The summed E-state index contributed by atoms with van der Waals surface area (Å²) in [6.07, 6.45) is 12.6. The van der Waals surface area contributed by atoms with Crippen molar-refractivity contribution in [2.45, 2.75) is 12.8 Å². The van der Waals surface area contributed by atoms with E-state index in [-0.39, 0.29) is 5.95 Å². The van der Waals surface area contributed by atoms with Gasteiger partial charge in [0.2, 0.25) is 5.95 Å². The van der Waals surface area contributed by atoms with Crippen molar-refractivity contribution >= 4 is 55.5 Å². The maximum Gasteiger partial charge on any atom is 0.220 e. The highest BCUT2D eigenvalue weighted by Gasteiger charge is 2.17. The lowest BCUT2D eigenvalue weighted by molar-refractivity contribution is 0.437. The first-order chi connectivity index (χ1) is 17.7. The summed E-state index contributed by atoms with van der Waals surface area (Å²) in [6, 6.07) is 15.1. The van der Waals surface area contributed by atoms with E-state index in [1.165, 1.54) is 15.0 Å². The normalized spacial score (nSPS) is 15.1. The first-order valence-corrected chi connectivity index (χ1v) is 13.0. The monoisotopic (exact) mass is 491 g/mol. The molecule has 0 unspecified atom stereocenters. The zero-order valence-corrected chi connectivity index (χ0v) is 20.4. The number of nitrogen functional groups attached to an aromatic ring is 1. The molecule has 0 bridgehead atoms. The van der Waals surface area contributed by atoms with E-state index in [9.17, 15) is 0 Å². The summed E-state index contributed by atoms with van der Waals surface area (Å²) >= 11 is 1.79. The van der Waals surface area contributed by atoms with Gasteiger partial charge in [0.15, 0.2) is 0 Å². The molecular formula is C28H25N7S. The molecule has 4 N–H and O–H groups in total. The molecule has 2 aromatic carbocycles. The van der Waals surface area contributed by atoms with Crippen molar-refractivity contribution in [2.75, 3.05) is 18.8 Å². The predicted octanol–water partition coefficient (Wildman–Crippen LogP) is 5.91. The van der Waals surface area contributed by atoms with Crippen LogP contribution in [0.1, 0.15) is 12.8 Å². The highest BCUT2D eigenvalue weighted by molar-refractivity contribution is 7.22. The van der Waals surface area contributed by atoms with E-state index in [1.807, 2.05) is 12.4 Å². The molecule has 5 heterocycles. The number of aromatic nitrogens is 5. The first kappa shape index (κ1) is 21.3. The lowest BCUT2D eigenvalue weighted by Crippen LogP contribution is -2.26. The molecule has 7 nitrogen and oxygen atoms in total. The van der Waals surface area contributed by atoms with Gasteiger partial charge in [-0.3, -0.25) is 5.10 Å². The first-order valence-electron chi connectivity index (χ1n) is 12.2. The highest BCUT2D eigenvalue weighted by Crippen LogP contribution is 2.40. The van der Waals surface area contributed by atoms with E-state index < -0.39 is 0 Å². The van der Waals surface area contributed by atoms with Crippen molar-refractivity contribution in [3.05, 3.63) is 67.1 Å². The van der Waals surface area contributed by atoms with Crippen LogP contribution in [-0.2, 0) is 0 Å². The molecule has 1 aliphatic heterocycles. The number of allylic oxidation sites excluding steroid dienone is 1. The highest BCUT2D eigenvalue weighted by atomic mass is 32.1. The van der Waals surface area contributed by atoms with Crippen molar-refractivity contribution in [2.24, 2.45) is 5.92 Å². The molecule has 1 aliphatic rings. The average molecular weight is 492 g/mol. The molecule has 0 amide bonds. The van der Waals surface area contributed by atoms with Gasteiger partial charge in [-0.25, -0.2) is 9.97 Å². The van der Waals surface area contributed by atoms with E-state index in [4.69, 9.17) is 5.73 Å². The van der Waals surface area contributed by atoms with Gasteiger partial charge in [0.05, 0.1) is 23.4 Å². The van der Waals surface area contributed by atoms with Crippen LogP contribution in [0.5, 0.6) is 0 Å². The van der Waals surface area contributed by atoms with Crippen LogP contribution in [0.15, 0.2) is 67.1 Å². The number of H-pyrrole nitrogens is 1. The molecule has 0 aliphatic carbocycles. The van der Waals surface area contributed by atoms with Gasteiger partial charge in [-0.1, -0.05) is 24.3 Å². The Morgan fingerprint density at radius 1 is 1.03 bits per heavy atom. The fourth-order valence-corrected chi connectivity index (χ4v) is 6.24. The number of benzene rings is 2. The van der Waals surface area contributed by atoms with Crippen LogP contribution in [0.4, 0.5) is 5.95 Å². The van der Waals surface area contributed by atoms with Gasteiger partial charge < -0.3 is 15.6 Å². The third-order valence-electron chi connectivity index (χ3n) is 7.04. The molecule has 7 rings (SSSR count). The molecule has 36 heavy (non-hydrogen) atoms. The second-order valence-electron chi connectivity index (χ2n) is 9.35. The number of nitrogens with one attached hydrogen (secondary N) is 2. The van der Waals surface area contributed by atoms with E-state index in [2.05, 4.69) is 91.0 Å².